The normalized spacial score (nSPS) is 16.3. The van der Waals surface area contributed by atoms with Crippen molar-refractivity contribution in [2.75, 3.05) is 0 Å². The Hall–Kier alpha value is -1.61. The van der Waals surface area contributed by atoms with Crippen molar-refractivity contribution in [3.8, 4) is 5.75 Å². The number of hydrogen-bond donors (Lipinski definition) is 1. The first-order chi connectivity index (χ1) is 6.77. The number of hydrogen-bond acceptors (Lipinski definition) is 3. The number of fused-ring (bicyclic) bond motifs is 1. The summed E-state index contributed by atoms with van der Waals surface area (Å²) in [6, 6.07) is 7.59. The molecule has 0 amide bonds. The summed E-state index contributed by atoms with van der Waals surface area (Å²) in [5.74, 6) is 0.756. The van der Waals surface area contributed by atoms with Crippen LogP contribution in [0, 0.1) is 0 Å². The third-order valence-electron chi connectivity index (χ3n) is 2.01. The Balaban J connectivity index is 2.36. The highest BCUT2D eigenvalue weighted by Gasteiger charge is 2.08. The van der Waals surface area contributed by atoms with Crippen LogP contribution in [-0.2, 0) is 0 Å². The van der Waals surface area contributed by atoms with Gasteiger partial charge in [-0.05, 0) is 19.1 Å². The number of aliphatic hydroxyl groups is 1. The molecule has 1 heterocycles. The van der Waals surface area contributed by atoms with E-state index in [0.29, 0.717) is 5.70 Å². The molecule has 0 saturated heterocycles. The fourth-order valence-electron chi connectivity index (χ4n) is 1.20. The Morgan fingerprint density at radius 2 is 2.14 bits per heavy atom. The third-order valence-corrected chi connectivity index (χ3v) is 2.01. The van der Waals surface area contributed by atoms with Gasteiger partial charge in [-0.3, -0.25) is 4.99 Å². The van der Waals surface area contributed by atoms with Gasteiger partial charge in [0.05, 0.1) is 6.10 Å². The standard InChI is InChI=1S/C11H11NO2/c1-8(13)10-7-14-11-5-3-2-4-9(11)6-12-10/h2-8,13H,1H3. The second-order valence-electron chi connectivity index (χ2n) is 3.13. The Labute approximate surface area is 82.4 Å². The average Bonchev–Trinajstić information content (AvgIpc) is 2.39. The molecule has 0 bridgehead atoms. The Morgan fingerprint density at radius 3 is 2.93 bits per heavy atom. The van der Waals surface area contributed by atoms with E-state index in [0.717, 1.165) is 11.3 Å². The first-order valence-electron chi connectivity index (χ1n) is 4.45. The largest absolute Gasteiger partial charge is 0.462 e. The molecule has 1 atom stereocenters. The van der Waals surface area contributed by atoms with Crippen molar-refractivity contribution in [1.29, 1.82) is 0 Å². The van der Waals surface area contributed by atoms with Crippen LogP contribution in [0.1, 0.15) is 12.5 Å². The lowest BCUT2D eigenvalue weighted by Gasteiger charge is -2.03. The lowest BCUT2D eigenvalue weighted by atomic mass is 10.2. The SMILES string of the molecule is CC(O)C1=COc2ccccc2C=N1. The van der Waals surface area contributed by atoms with E-state index in [4.69, 9.17) is 4.74 Å². The van der Waals surface area contributed by atoms with Crippen LogP contribution in [0.25, 0.3) is 0 Å². The lowest BCUT2D eigenvalue weighted by molar-refractivity contribution is 0.226. The first kappa shape index (κ1) is 8.97. The van der Waals surface area contributed by atoms with Crippen LogP contribution in [0.2, 0.25) is 0 Å². The van der Waals surface area contributed by atoms with Crippen molar-refractivity contribution in [3.63, 3.8) is 0 Å². The smallest absolute Gasteiger partial charge is 0.135 e. The van der Waals surface area contributed by atoms with Crippen molar-refractivity contribution in [2.24, 2.45) is 4.99 Å². The topological polar surface area (TPSA) is 41.8 Å². The van der Waals surface area contributed by atoms with Gasteiger partial charge < -0.3 is 9.84 Å². The molecule has 1 N–H and O–H groups in total. The van der Waals surface area contributed by atoms with Gasteiger partial charge in [0.2, 0.25) is 0 Å². The highest BCUT2D eigenvalue weighted by Crippen LogP contribution is 2.20. The molecule has 1 aliphatic rings. The zero-order valence-electron chi connectivity index (χ0n) is 7.84. The van der Waals surface area contributed by atoms with Gasteiger partial charge in [0.15, 0.2) is 0 Å². The minimum atomic E-state index is -0.611. The van der Waals surface area contributed by atoms with E-state index in [9.17, 15) is 5.11 Å². The van der Waals surface area contributed by atoms with Crippen LogP contribution in [0.15, 0.2) is 41.2 Å². The van der Waals surface area contributed by atoms with Crippen LogP contribution in [0.3, 0.4) is 0 Å². The molecule has 2 rings (SSSR count). The molecular formula is C11H11NO2. The maximum absolute atomic E-state index is 9.32. The van der Waals surface area contributed by atoms with Crippen LogP contribution in [-0.4, -0.2) is 17.4 Å². The van der Waals surface area contributed by atoms with Crippen LogP contribution >= 0.6 is 0 Å². The fourth-order valence-corrected chi connectivity index (χ4v) is 1.20. The maximum Gasteiger partial charge on any atom is 0.135 e. The minimum absolute atomic E-state index is 0.529. The van der Waals surface area contributed by atoms with E-state index in [2.05, 4.69) is 4.99 Å². The van der Waals surface area contributed by atoms with E-state index in [1.807, 2.05) is 24.3 Å². The van der Waals surface area contributed by atoms with Gasteiger partial charge in [-0.25, -0.2) is 0 Å². The molecule has 1 aromatic carbocycles. The van der Waals surface area contributed by atoms with Gasteiger partial charge in [0, 0.05) is 11.8 Å². The number of rotatable bonds is 1. The minimum Gasteiger partial charge on any atom is -0.462 e. The molecule has 0 fully saturated rings. The van der Waals surface area contributed by atoms with Crippen LogP contribution in [0.4, 0.5) is 0 Å². The molecule has 1 aliphatic heterocycles. The maximum atomic E-state index is 9.32. The van der Waals surface area contributed by atoms with Crippen molar-refractivity contribution < 1.29 is 9.84 Å². The van der Waals surface area contributed by atoms with E-state index in [-0.39, 0.29) is 0 Å². The summed E-state index contributed by atoms with van der Waals surface area (Å²) >= 11 is 0. The predicted octanol–water partition coefficient (Wildman–Crippen LogP) is 1.72. The van der Waals surface area contributed by atoms with E-state index >= 15 is 0 Å². The molecule has 3 heteroatoms. The predicted molar refractivity (Wildman–Crippen MR) is 54.4 cm³/mol. The highest BCUT2D eigenvalue weighted by atomic mass is 16.5. The molecule has 3 nitrogen and oxygen atoms in total. The van der Waals surface area contributed by atoms with Gasteiger partial charge in [0.1, 0.15) is 17.7 Å². The summed E-state index contributed by atoms with van der Waals surface area (Å²) < 4.78 is 5.38. The van der Waals surface area contributed by atoms with Crippen molar-refractivity contribution >= 4 is 6.21 Å². The number of benzene rings is 1. The Kier molecular flexibility index (Phi) is 2.33. The Morgan fingerprint density at radius 1 is 1.36 bits per heavy atom. The van der Waals surface area contributed by atoms with Gasteiger partial charge >= 0.3 is 0 Å². The second-order valence-corrected chi connectivity index (χ2v) is 3.13. The van der Waals surface area contributed by atoms with E-state index in [1.165, 1.54) is 6.26 Å². The monoisotopic (exact) mass is 189 g/mol. The quantitative estimate of drug-likeness (QED) is 0.730. The van der Waals surface area contributed by atoms with Crippen LogP contribution < -0.4 is 4.74 Å². The molecule has 1 aromatic rings. The van der Waals surface area contributed by atoms with Crippen molar-refractivity contribution in [1.82, 2.24) is 0 Å². The first-order valence-corrected chi connectivity index (χ1v) is 4.45. The van der Waals surface area contributed by atoms with E-state index < -0.39 is 6.10 Å². The molecule has 0 aromatic heterocycles. The zero-order valence-corrected chi connectivity index (χ0v) is 7.84. The average molecular weight is 189 g/mol. The summed E-state index contributed by atoms with van der Waals surface area (Å²) in [4.78, 5) is 4.13. The molecule has 14 heavy (non-hydrogen) atoms. The fraction of sp³-hybridized carbons (Fsp3) is 0.182. The molecule has 0 spiro atoms. The second kappa shape index (κ2) is 3.64. The molecule has 0 radical (unpaired) electrons. The van der Waals surface area contributed by atoms with Gasteiger partial charge in [-0.2, -0.15) is 0 Å². The lowest BCUT2D eigenvalue weighted by Crippen LogP contribution is -2.02. The van der Waals surface area contributed by atoms with Gasteiger partial charge in [-0.1, -0.05) is 12.1 Å². The van der Waals surface area contributed by atoms with Gasteiger partial charge in [-0.15, -0.1) is 0 Å². The molecule has 0 saturated carbocycles. The number of aliphatic hydroxyl groups excluding tert-OH is 1. The molecule has 72 valence electrons. The Bertz CT molecular complexity index is 394. The highest BCUT2D eigenvalue weighted by molar-refractivity contribution is 5.84. The molecule has 1 unspecified atom stereocenters. The summed E-state index contributed by atoms with van der Waals surface area (Å²) in [5, 5.41) is 9.32. The summed E-state index contributed by atoms with van der Waals surface area (Å²) in [6.07, 6.45) is 2.56. The van der Waals surface area contributed by atoms with Crippen LogP contribution in [0.5, 0.6) is 5.75 Å². The number of nitrogens with zero attached hydrogens (tertiary/aromatic N) is 1. The summed E-state index contributed by atoms with van der Waals surface area (Å²) in [7, 11) is 0. The summed E-state index contributed by atoms with van der Waals surface area (Å²) in [5.41, 5.74) is 1.45. The number of ether oxygens (including phenoxy) is 1. The van der Waals surface area contributed by atoms with Gasteiger partial charge in [0.25, 0.3) is 0 Å². The number of aliphatic imine (C=N–C) groups is 1. The zero-order chi connectivity index (χ0) is 9.97. The number of para-hydroxylation sites is 1. The van der Waals surface area contributed by atoms with Crippen molar-refractivity contribution in [3.05, 3.63) is 41.8 Å². The van der Waals surface area contributed by atoms with E-state index in [1.54, 1.807) is 13.1 Å². The molecular weight excluding hydrogens is 178 g/mol. The third kappa shape index (κ3) is 1.67. The summed E-state index contributed by atoms with van der Waals surface area (Å²) in [6.45, 7) is 1.66. The van der Waals surface area contributed by atoms with Crippen molar-refractivity contribution in [2.45, 2.75) is 13.0 Å². The molecule has 0 aliphatic carbocycles.